The Morgan fingerprint density at radius 2 is 1.88 bits per heavy atom. The second-order valence-electron chi connectivity index (χ2n) is 6.13. The van der Waals surface area contributed by atoms with Gasteiger partial charge < -0.3 is 19.7 Å². The quantitative estimate of drug-likeness (QED) is 0.841. The van der Waals surface area contributed by atoms with Crippen LogP contribution < -0.4 is 10.3 Å². The van der Waals surface area contributed by atoms with E-state index >= 15 is 4.39 Å². The fraction of sp³-hybridized carbons (Fsp3) is 0.412. The van der Waals surface area contributed by atoms with Crippen LogP contribution in [-0.4, -0.2) is 58.6 Å². The Hall–Kier alpha value is -2.52. The van der Waals surface area contributed by atoms with Crippen molar-refractivity contribution >= 4 is 22.6 Å². The fourth-order valence-electron chi connectivity index (χ4n) is 3.28. The molecule has 1 aliphatic heterocycles. The van der Waals surface area contributed by atoms with Crippen LogP contribution >= 0.6 is 0 Å². The molecule has 1 fully saturated rings. The molecule has 2 aromatic rings. The monoisotopic (exact) mass is 367 g/mol. The lowest BCUT2D eigenvalue weighted by molar-refractivity contribution is 0.0694. The van der Waals surface area contributed by atoms with Gasteiger partial charge in [-0.2, -0.15) is 0 Å². The van der Waals surface area contributed by atoms with E-state index in [9.17, 15) is 14.0 Å². The van der Waals surface area contributed by atoms with Crippen LogP contribution in [-0.2, 0) is 6.54 Å². The van der Waals surface area contributed by atoms with E-state index in [1.807, 2.05) is 0 Å². The van der Waals surface area contributed by atoms with Gasteiger partial charge in [-0.3, -0.25) is 9.69 Å². The second kappa shape index (κ2) is 7.00. The van der Waals surface area contributed by atoms with Crippen molar-refractivity contribution in [3.05, 3.63) is 39.7 Å². The van der Waals surface area contributed by atoms with E-state index < -0.39 is 28.6 Å². The summed E-state index contributed by atoms with van der Waals surface area (Å²) in [6, 6.07) is 0.910. The lowest BCUT2D eigenvalue weighted by atomic mass is 10.1. The molecule has 0 unspecified atom stereocenters. The van der Waals surface area contributed by atoms with E-state index in [1.165, 1.54) is 9.47 Å². The largest absolute Gasteiger partial charge is 0.477 e. The highest BCUT2D eigenvalue weighted by Gasteiger charge is 2.26. The molecule has 0 bridgehead atoms. The summed E-state index contributed by atoms with van der Waals surface area (Å²) in [5.74, 6) is -3.23. The number of rotatable bonds is 4. The third-order valence-electron chi connectivity index (χ3n) is 4.69. The number of aromatic carboxylic acids is 1. The van der Waals surface area contributed by atoms with Gasteiger partial charge in [0.25, 0.3) is 0 Å². The Bertz CT molecular complexity index is 921. The normalized spacial score (nSPS) is 15.6. The molecule has 3 rings (SSSR count). The van der Waals surface area contributed by atoms with Crippen LogP contribution in [0.2, 0.25) is 0 Å². The molecule has 26 heavy (non-hydrogen) atoms. The van der Waals surface area contributed by atoms with Gasteiger partial charge in [0.2, 0.25) is 5.43 Å². The summed E-state index contributed by atoms with van der Waals surface area (Å²) in [6.07, 6.45) is 1.08. The summed E-state index contributed by atoms with van der Waals surface area (Å²) in [4.78, 5) is 26.9. The van der Waals surface area contributed by atoms with Gasteiger partial charge in [0.15, 0.2) is 5.82 Å². The number of aromatic nitrogens is 1. The molecule has 2 heterocycles. The summed E-state index contributed by atoms with van der Waals surface area (Å²) in [7, 11) is 0. The zero-order valence-electron chi connectivity index (χ0n) is 14.2. The number of nitrogens with zero attached hydrogens (tertiary/aromatic N) is 3. The first-order valence-electron chi connectivity index (χ1n) is 8.25. The number of aryl methyl sites for hydroxylation is 1. The predicted octanol–water partition coefficient (Wildman–Crippen LogP) is 1.07. The molecule has 1 aromatic heterocycles. The Morgan fingerprint density at radius 1 is 1.23 bits per heavy atom. The van der Waals surface area contributed by atoms with Crippen LogP contribution in [0.15, 0.2) is 17.1 Å². The van der Waals surface area contributed by atoms with Crippen LogP contribution in [0.4, 0.5) is 14.5 Å². The number of piperazine rings is 1. The number of hydrogen-bond acceptors (Lipinski definition) is 5. The average Bonchev–Trinajstić information content (AvgIpc) is 2.62. The Morgan fingerprint density at radius 3 is 2.42 bits per heavy atom. The Kier molecular flexibility index (Phi) is 4.92. The van der Waals surface area contributed by atoms with Crippen molar-refractivity contribution in [1.29, 1.82) is 0 Å². The average molecular weight is 367 g/mol. The molecule has 9 heteroatoms. The molecular weight excluding hydrogens is 348 g/mol. The third-order valence-corrected chi connectivity index (χ3v) is 4.69. The fourth-order valence-corrected chi connectivity index (χ4v) is 3.28. The maximum Gasteiger partial charge on any atom is 0.341 e. The molecule has 0 aliphatic carbocycles. The van der Waals surface area contributed by atoms with Crippen molar-refractivity contribution in [3.8, 4) is 0 Å². The molecule has 0 spiro atoms. The van der Waals surface area contributed by atoms with Crippen molar-refractivity contribution in [2.75, 3.05) is 37.8 Å². The van der Waals surface area contributed by atoms with Gasteiger partial charge >= 0.3 is 5.97 Å². The highest BCUT2D eigenvalue weighted by molar-refractivity contribution is 5.93. The molecule has 1 aliphatic rings. The standard InChI is InChI=1S/C17H19F2N3O4/c1-2-21-8-11(17(25)26)16(24)10-7-12(18)15(13(19)14(10)21)22-5-3-20(9-23)4-6-22/h7-8,23H,2-6,9H2,1H3,(H,25,26). The van der Waals surface area contributed by atoms with Gasteiger partial charge in [-0.25, -0.2) is 13.6 Å². The van der Waals surface area contributed by atoms with E-state index in [0.29, 0.717) is 26.2 Å². The Balaban J connectivity index is 2.20. The molecule has 1 aromatic carbocycles. The van der Waals surface area contributed by atoms with Crippen LogP contribution in [0.5, 0.6) is 0 Å². The first kappa shape index (κ1) is 18.3. The zero-order valence-corrected chi connectivity index (χ0v) is 14.2. The number of aliphatic hydroxyl groups is 1. The predicted molar refractivity (Wildman–Crippen MR) is 91.6 cm³/mol. The van der Waals surface area contributed by atoms with Crippen molar-refractivity contribution in [1.82, 2.24) is 9.47 Å². The number of pyridine rings is 1. The van der Waals surface area contributed by atoms with E-state index in [2.05, 4.69) is 0 Å². The van der Waals surface area contributed by atoms with Gasteiger partial charge in [0.1, 0.15) is 17.1 Å². The summed E-state index contributed by atoms with van der Waals surface area (Å²) >= 11 is 0. The third kappa shape index (κ3) is 2.93. The number of carbonyl (C=O) groups is 1. The Labute approximate surface area is 147 Å². The van der Waals surface area contributed by atoms with Crippen LogP contribution in [0.25, 0.3) is 10.9 Å². The van der Waals surface area contributed by atoms with Crippen molar-refractivity contribution < 1.29 is 23.8 Å². The number of anilines is 1. The number of benzene rings is 1. The topological polar surface area (TPSA) is 86.0 Å². The highest BCUT2D eigenvalue weighted by atomic mass is 19.1. The molecule has 7 nitrogen and oxygen atoms in total. The number of halogens is 2. The number of hydrogen-bond donors (Lipinski definition) is 2. The van der Waals surface area contributed by atoms with E-state index in [-0.39, 0.29) is 29.9 Å². The van der Waals surface area contributed by atoms with Crippen LogP contribution in [0.3, 0.4) is 0 Å². The molecule has 0 amide bonds. The molecule has 0 saturated carbocycles. The first-order chi connectivity index (χ1) is 12.4. The lowest BCUT2D eigenvalue weighted by Crippen LogP contribution is -2.47. The van der Waals surface area contributed by atoms with Crippen molar-refractivity contribution in [2.24, 2.45) is 0 Å². The SMILES string of the molecule is CCn1cc(C(=O)O)c(=O)c2cc(F)c(N3CCN(CO)CC3)c(F)c21. The van der Waals surface area contributed by atoms with E-state index in [4.69, 9.17) is 10.2 Å². The van der Waals surface area contributed by atoms with Crippen molar-refractivity contribution in [3.63, 3.8) is 0 Å². The number of fused-ring (bicyclic) bond motifs is 1. The zero-order chi connectivity index (χ0) is 19.0. The molecule has 1 saturated heterocycles. The number of carboxylic acids is 1. The van der Waals surface area contributed by atoms with Crippen molar-refractivity contribution in [2.45, 2.75) is 13.5 Å². The van der Waals surface area contributed by atoms with Gasteiger partial charge in [0.05, 0.1) is 17.6 Å². The minimum atomic E-state index is -1.44. The molecule has 0 radical (unpaired) electrons. The minimum absolute atomic E-state index is 0.108. The van der Waals surface area contributed by atoms with E-state index in [0.717, 1.165) is 12.3 Å². The maximum absolute atomic E-state index is 15.2. The highest BCUT2D eigenvalue weighted by Crippen LogP contribution is 2.30. The number of aliphatic hydroxyl groups excluding tert-OH is 1. The maximum atomic E-state index is 15.2. The smallest absolute Gasteiger partial charge is 0.341 e. The summed E-state index contributed by atoms with van der Waals surface area (Å²) < 4.78 is 31.2. The lowest BCUT2D eigenvalue weighted by Gasteiger charge is -2.35. The van der Waals surface area contributed by atoms with Gasteiger partial charge in [-0.1, -0.05) is 0 Å². The van der Waals surface area contributed by atoms with Gasteiger partial charge in [0, 0.05) is 38.9 Å². The van der Waals surface area contributed by atoms with E-state index in [1.54, 1.807) is 11.8 Å². The molecule has 140 valence electrons. The minimum Gasteiger partial charge on any atom is -0.477 e. The molecule has 0 atom stereocenters. The second-order valence-corrected chi connectivity index (χ2v) is 6.13. The van der Waals surface area contributed by atoms with Gasteiger partial charge in [-0.05, 0) is 13.0 Å². The summed E-state index contributed by atoms with van der Waals surface area (Å²) in [5.41, 5.74) is -1.78. The van der Waals surface area contributed by atoms with Crippen LogP contribution in [0, 0.1) is 11.6 Å². The molecular formula is C17H19F2N3O4. The number of carboxylic acid groups (broad SMARTS) is 1. The van der Waals surface area contributed by atoms with Crippen LogP contribution in [0.1, 0.15) is 17.3 Å². The first-order valence-corrected chi connectivity index (χ1v) is 8.25. The summed E-state index contributed by atoms with van der Waals surface area (Å²) in [6.45, 7) is 3.32. The molecule has 2 N–H and O–H groups in total. The summed E-state index contributed by atoms with van der Waals surface area (Å²) in [5, 5.41) is 18.0. The van der Waals surface area contributed by atoms with Gasteiger partial charge in [-0.15, -0.1) is 0 Å².